The minimum atomic E-state index is -0.383. The molecule has 9 heteroatoms. The van der Waals surface area contributed by atoms with Crippen LogP contribution >= 0.6 is 11.8 Å². The van der Waals surface area contributed by atoms with Crippen LogP contribution in [0.2, 0.25) is 0 Å². The zero-order valence-electron chi connectivity index (χ0n) is 21.6. The summed E-state index contributed by atoms with van der Waals surface area (Å²) in [5.74, 6) is 2.46. The molecule has 5 rings (SSSR count). The summed E-state index contributed by atoms with van der Waals surface area (Å²) in [6.07, 6.45) is -0.383. The van der Waals surface area contributed by atoms with E-state index in [0.29, 0.717) is 35.6 Å². The summed E-state index contributed by atoms with van der Waals surface area (Å²) in [6, 6.07) is 27.7. The fourth-order valence-corrected chi connectivity index (χ4v) is 5.32. The number of benzene rings is 3. The maximum absolute atomic E-state index is 13.1. The van der Waals surface area contributed by atoms with E-state index in [1.54, 1.807) is 7.11 Å². The summed E-state index contributed by atoms with van der Waals surface area (Å²) in [6.45, 7) is 5.00. The van der Waals surface area contributed by atoms with E-state index in [1.165, 1.54) is 17.4 Å². The fraction of sp³-hybridized carbons (Fsp3) is 0.276. The largest absolute Gasteiger partial charge is 0.497 e. The predicted molar refractivity (Wildman–Crippen MR) is 149 cm³/mol. The van der Waals surface area contributed by atoms with Crippen LogP contribution in [0.1, 0.15) is 18.9 Å². The van der Waals surface area contributed by atoms with Crippen LogP contribution < -0.4 is 14.4 Å². The minimum absolute atomic E-state index is 0.104. The van der Waals surface area contributed by atoms with Crippen molar-refractivity contribution >= 4 is 23.4 Å². The van der Waals surface area contributed by atoms with Crippen molar-refractivity contribution in [2.45, 2.75) is 18.2 Å². The van der Waals surface area contributed by atoms with Crippen molar-refractivity contribution < 1.29 is 14.3 Å². The van der Waals surface area contributed by atoms with Gasteiger partial charge in [0.1, 0.15) is 11.5 Å². The molecule has 0 aliphatic carbocycles. The van der Waals surface area contributed by atoms with E-state index in [2.05, 4.69) is 27.2 Å². The highest BCUT2D eigenvalue weighted by molar-refractivity contribution is 7.99. The van der Waals surface area contributed by atoms with Gasteiger partial charge in [-0.05, 0) is 43.3 Å². The Morgan fingerprint density at radius 3 is 2.21 bits per heavy atom. The highest BCUT2D eigenvalue weighted by Gasteiger charge is 2.24. The molecular formula is C29H31N5O3S. The number of hydrogen-bond acceptors (Lipinski definition) is 7. The van der Waals surface area contributed by atoms with Gasteiger partial charge < -0.3 is 19.3 Å². The molecule has 0 N–H and O–H groups in total. The number of carbonyl (C=O) groups excluding carboxylic acids is 1. The average Bonchev–Trinajstić information content (AvgIpc) is 3.41. The number of methoxy groups -OCH3 is 1. The standard InChI is InChI=1S/C29H31N5O3S/c1-22(37-26-15-9-14-25(20-26)36-2)28-30-31-29(34(28)24-12-7-4-8-13-24)38-21-27(35)33-18-16-32(17-19-33)23-10-5-3-6-11-23/h3-15,20,22H,16-19,21H2,1-2H3. The summed E-state index contributed by atoms with van der Waals surface area (Å²) in [4.78, 5) is 17.4. The first kappa shape index (κ1) is 25.7. The van der Waals surface area contributed by atoms with Crippen LogP contribution in [0.5, 0.6) is 11.5 Å². The predicted octanol–water partition coefficient (Wildman–Crippen LogP) is 4.86. The number of hydrogen-bond donors (Lipinski definition) is 0. The molecule has 0 bridgehead atoms. The van der Waals surface area contributed by atoms with Gasteiger partial charge in [0, 0.05) is 43.6 Å². The van der Waals surface area contributed by atoms with E-state index >= 15 is 0 Å². The fourth-order valence-electron chi connectivity index (χ4n) is 4.46. The topological polar surface area (TPSA) is 72.7 Å². The first-order valence-electron chi connectivity index (χ1n) is 12.6. The third kappa shape index (κ3) is 5.94. The zero-order chi connectivity index (χ0) is 26.3. The minimum Gasteiger partial charge on any atom is -0.497 e. The van der Waals surface area contributed by atoms with E-state index in [0.717, 1.165) is 24.5 Å². The lowest BCUT2D eigenvalue weighted by Gasteiger charge is -2.36. The number of rotatable bonds is 9. The monoisotopic (exact) mass is 529 g/mol. The first-order chi connectivity index (χ1) is 18.6. The molecule has 1 fully saturated rings. The Balaban J connectivity index is 1.27. The lowest BCUT2D eigenvalue weighted by atomic mass is 10.2. The highest BCUT2D eigenvalue weighted by atomic mass is 32.2. The number of carbonyl (C=O) groups is 1. The molecule has 2 heterocycles. The number of ether oxygens (including phenoxy) is 2. The SMILES string of the molecule is COc1cccc(OC(C)c2nnc(SCC(=O)N3CCN(c4ccccc4)CC3)n2-c2ccccc2)c1. The molecule has 1 aliphatic heterocycles. The van der Waals surface area contributed by atoms with Gasteiger partial charge in [-0.1, -0.05) is 54.2 Å². The number of anilines is 1. The lowest BCUT2D eigenvalue weighted by Crippen LogP contribution is -2.49. The van der Waals surface area contributed by atoms with E-state index in [1.807, 2.05) is 89.2 Å². The van der Waals surface area contributed by atoms with Crippen LogP contribution in [-0.4, -0.2) is 64.6 Å². The van der Waals surface area contributed by atoms with Gasteiger partial charge in [-0.3, -0.25) is 9.36 Å². The van der Waals surface area contributed by atoms with Crippen molar-refractivity contribution in [3.8, 4) is 17.2 Å². The maximum Gasteiger partial charge on any atom is 0.233 e. The molecule has 1 saturated heterocycles. The molecule has 196 valence electrons. The second-order valence-electron chi connectivity index (χ2n) is 8.94. The quantitative estimate of drug-likeness (QED) is 0.287. The molecule has 3 aromatic carbocycles. The van der Waals surface area contributed by atoms with Gasteiger partial charge in [0.2, 0.25) is 5.91 Å². The average molecular weight is 530 g/mol. The van der Waals surface area contributed by atoms with E-state index in [4.69, 9.17) is 9.47 Å². The second kappa shape index (κ2) is 12.0. The third-order valence-electron chi connectivity index (χ3n) is 6.47. The van der Waals surface area contributed by atoms with Crippen molar-refractivity contribution in [3.63, 3.8) is 0 Å². The Labute approximate surface area is 227 Å². The Morgan fingerprint density at radius 2 is 1.53 bits per heavy atom. The van der Waals surface area contributed by atoms with E-state index in [9.17, 15) is 4.79 Å². The van der Waals surface area contributed by atoms with Crippen molar-refractivity contribution in [1.29, 1.82) is 0 Å². The molecule has 0 spiro atoms. The maximum atomic E-state index is 13.1. The molecule has 1 amide bonds. The Bertz CT molecular complexity index is 1340. The molecule has 0 saturated carbocycles. The molecule has 1 unspecified atom stereocenters. The molecular weight excluding hydrogens is 498 g/mol. The molecule has 1 aliphatic rings. The Morgan fingerprint density at radius 1 is 0.868 bits per heavy atom. The van der Waals surface area contributed by atoms with Crippen LogP contribution in [0.3, 0.4) is 0 Å². The van der Waals surface area contributed by atoms with E-state index in [-0.39, 0.29) is 12.0 Å². The molecule has 1 atom stereocenters. The lowest BCUT2D eigenvalue weighted by molar-refractivity contribution is -0.128. The number of aromatic nitrogens is 3. The highest BCUT2D eigenvalue weighted by Crippen LogP contribution is 2.29. The van der Waals surface area contributed by atoms with Gasteiger partial charge >= 0.3 is 0 Å². The van der Waals surface area contributed by atoms with Crippen LogP contribution in [0.4, 0.5) is 5.69 Å². The number of piperazine rings is 1. The van der Waals surface area contributed by atoms with Crippen molar-refractivity contribution in [3.05, 3.63) is 90.8 Å². The van der Waals surface area contributed by atoms with Gasteiger partial charge in [-0.2, -0.15) is 0 Å². The van der Waals surface area contributed by atoms with Crippen LogP contribution in [0.15, 0.2) is 90.1 Å². The summed E-state index contributed by atoms with van der Waals surface area (Å²) in [5, 5.41) is 9.58. The van der Waals surface area contributed by atoms with Gasteiger partial charge in [-0.25, -0.2) is 0 Å². The van der Waals surface area contributed by atoms with Gasteiger partial charge in [0.05, 0.1) is 12.9 Å². The summed E-state index contributed by atoms with van der Waals surface area (Å²) in [7, 11) is 1.63. The second-order valence-corrected chi connectivity index (χ2v) is 9.89. The van der Waals surface area contributed by atoms with Crippen molar-refractivity contribution in [2.24, 2.45) is 0 Å². The number of nitrogens with zero attached hydrogens (tertiary/aromatic N) is 5. The Hall–Kier alpha value is -3.98. The van der Waals surface area contributed by atoms with Crippen LogP contribution in [0.25, 0.3) is 5.69 Å². The van der Waals surface area contributed by atoms with E-state index < -0.39 is 0 Å². The van der Waals surface area contributed by atoms with Crippen LogP contribution in [0, 0.1) is 0 Å². The van der Waals surface area contributed by atoms with Gasteiger partial charge in [0.25, 0.3) is 0 Å². The number of thioether (sulfide) groups is 1. The third-order valence-corrected chi connectivity index (χ3v) is 7.38. The molecule has 4 aromatic rings. The summed E-state index contributed by atoms with van der Waals surface area (Å²) < 4.78 is 13.5. The summed E-state index contributed by atoms with van der Waals surface area (Å²) in [5.41, 5.74) is 2.11. The van der Waals surface area contributed by atoms with Gasteiger partial charge in [-0.15, -0.1) is 10.2 Å². The normalized spacial score (nSPS) is 14.3. The molecule has 1 aromatic heterocycles. The first-order valence-corrected chi connectivity index (χ1v) is 13.6. The van der Waals surface area contributed by atoms with Gasteiger partial charge in [0.15, 0.2) is 17.1 Å². The Kier molecular flexibility index (Phi) is 8.13. The molecule has 0 radical (unpaired) electrons. The number of amides is 1. The molecule has 8 nitrogen and oxygen atoms in total. The number of para-hydroxylation sites is 2. The molecule has 38 heavy (non-hydrogen) atoms. The smallest absolute Gasteiger partial charge is 0.233 e. The zero-order valence-corrected chi connectivity index (χ0v) is 22.4. The van der Waals surface area contributed by atoms with Crippen molar-refractivity contribution in [1.82, 2.24) is 19.7 Å². The summed E-state index contributed by atoms with van der Waals surface area (Å²) >= 11 is 1.40. The van der Waals surface area contributed by atoms with Crippen molar-refractivity contribution in [2.75, 3.05) is 43.9 Å². The van der Waals surface area contributed by atoms with Crippen LogP contribution in [-0.2, 0) is 4.79 Å².